The first-order valence-electron chi connectivity index (χ1n) is 7.20. The van der Waals surface area contributed by atoms with E-state index in [1.807, 2.05) is 36.4 Å². The highest BCUT2D eigenvalue weighted by Crippen LogP contribution is 2.28. The van der Waals surface area contributed by atoms with Crippen LogP contribution in [0.25, 0.3) is 0 Å². The fourth-order valence-electron chi connectivity index (χ4n) is 2.23. The van der Waals surface area contributed by atoms with Gasteiger partial charge in [0.1, 0.15) is 11.5 Å². The van der Waals surface area contributed by atoms with Gasteiger partial charge in [0.05, 0.1) is 14.2 Å². The second-order valence-electron chi connectivity index (χ2n) is 4.91. The third-order valence-electron chi connectivity index (χ3n) is 3.39. The number of carbonyl (C=O) groups is 1. The van der Waals surface area contributed by atoms with E-state index in [1.165, 1.54) is 0 Å². The fraction of sp³-hybridized carbons (Fsp3) is 0.222. The van der Waals surface area contributed by atoms with Gasteiger partial charge in [-0.05, 0) is 24.3 Å². The van der Waals surface area contributed by atoms with E-state index in [0.717, 1.165) is 17.1 Å². The molecule has 0 saturated heterocycles. The van der Waals surface area contributed by atoms with Crippen molar-refractivity contribution >= 4 is 23.0 Å². The molecule has 0 atom stereocenters. The summed E-state index contributed by atoms with van der Waals surface area (Å²) in [5.74, 6) is 1.31. The topological polar surface area (TPSA) is 47.6 Å². The summed E-state index contributed by atoms with van der Waals surface area (Å²) in [7, 11) is 3.22. The largest absolute Gasteiger partial charge is 0.496 e. The smallest absolute Gasteiger partial charge is 0.251 e. The van der Waals surface area contributed by atoms with Gasteiger partial charge in [-0.15, -0.1) is 0 Å². The highest BCUT2D eigenvalue weighted by Gasteiger charge is 2.13. The zero-order chi connectivity index (χ0) is 16.7. The lowest BCUT2D eigenvalue weighted by Crippen LogP contribution is -2.29. The maximum Gasteiger partial charge on any atom is 0.251 e. The van der Waals surface area contributed by atoms with Crippen LogP contribution in [-0.4, -0.2) is 31.5 Å². The first-order valence-corrected chi connectivity index (χ1v) is 7.61. The minimum absolute atomic E-state index is 0.139. The fourth-order valence-corrected chi connectivity index (χ4v) is 2.45. The van der Waals surface area contributed by atoms with E-state index in [4.69, 9.17) is 21.7 Å². The Hall–Kier alpha value is -2.40. The molecule has 0 saturated carbocycles. The third kappa shape index (κ3) is 4.53. The minimum atomic E-state index is -0.139. The monoisotopic (exact) mass is 329 g/mol. The van der Waals surface area contributed by atoms with Crippen molar-refractivity contribution in [3.8, 4) is 11.5 Å². The predicted molar refractivity (Wildman–Crippen MR) is 94.6 cm³/mol. The van der Waals surface area contributed by atoms with E-state index in [-0.39, 0.29) is 5.91 Å². The van der Waals surface area contributed by atoms with E-state index in [2.05, 4.69) is 5.32 Å². The zero-order valence-electron chi connectivity index (χ0n) is 13.2. The summed E-state index contributed by atoms with van der Waals surface area (Å²) in [5.41, 5.74) is 1.50. The number of methoxy groups -OCH3 is 2. The summed E-state index contributed by atoms with van der Waals surface area (Å²) < 4.78 is 10.7. The first-order chi connectivity index (χ1) is 11.2. The minimum Gasteiger partial charge on any atom is -0.496 e. The lowest BCUT2D eigenvalue weighted by Gasteiger charge is -2.14. The van der Waals surface area contributed by atoms with Gasteiger partial charge < -0.3 is 14.8 Å². The molecule has 0 aliphatic carbocycles. The molecule has 23 heavy (non-hydrogen) atoms. The number of amides is 1. The molecule has 0 heterocycles. The molecule has 5 heteroatoms. The molecule has 4 nitrogen and oxygen atoms in total. The van der Waals surface area contributed by atoms with Gasteiger partial charge in [-0.1, -0.05) is 36.5 Å². The van der Waals surface area contributed by atoms with Gasteiger partial charge in [0.2, 0.25) is 0 Å². The van der Waals surface area contributed by atoms with Crippen molar-refractivity contribution in [2.75, 3.05) is 20.8 Å². The Labute approximate surface area is 141 Å². The Balaban J connectivity index is 1.99. The van der Waals surface area contributed by atoms with Crippen molar-refractivity contribution in [2.24, 2.45) is 0 Å². The summed E-state index contributed by atoms with van der Waals surface area (Å²) in [6.07, 6.45) is 0.498. The molecule has 120 valence electrons. The summed E-state index contributed by atoms with van der Waals surface area (Å²) in [4.78, 5) is 12.7. The van der Waals surface area contributed by atoms with E-state index in [9.17, 15) is 4.79 Å². The summed E-state index contributed by atoms with van der Waals surface area (Å²) in [6.45, 7) is 0.324. The number of hydrogen-bond acceptors (Lipinski definition) is 4. The molecule has 0 spiro atoms. The van der Waals surface area contributed by atoms with Crippen LogP contribution in [0, 0.1) is 0 Å². The van der Waals surface area contributed by atoms with Crippen LogP contribution in [0.4, 0.5) is 0 Å². The third-order valence-corrected chi connectivity index (χ3v) is 3.67. The Bertz CT molecular complexity index is 664. The van der Waals surface area contributed by atoms with Gasteiger partial charge in [-0.3, -0.25) is 4.79 Å². The molecule has 2 rings (SSSR count). The molecule has 2 aromatic carbocycles. The molecule has 0 aromatic heterocycles. The maximum absolute atomic E-state index is 12.0. The highest BCUT2D eigenvalue weighted by atomic mass is 32.1. The Morgan fingerprint density at radius 2 is 1.61 bits per heavy atom. The number of carbonyl (C=O) groups excluding carboxylic acids is 1. The number of nitrogens with one attached hydrogen (secondary N) is 1. The predicted octanol–water partition coefficient (Wildman–Crippen LogP) is 3.05. The summed E-state index contributed by atoms with van der Waals surface area (Å²) >= 11 is 5.39. The van der Waals surface area contributed by atoms with Crippen LogP contribution in [0.3, 0.4) is 0 Å². The Morgan fingerprint density at radius 3 is 2.17 bits per heavy atom. The van der Waals surface area contributed by atoms with E-state index < -0.39 is 0 Å². The quantitative estimate of drug-likeness (QED) is 0.793. The van der Waals surface area contributed by atoms with Gasteiger partial charge in [-0.2, -0.15) is 0 Å². The SMILES string of the molecule is COc1cccc(OC)c1CC(=S)CNC(=O)c1ccccc1. The Kier molecular flexibility index (Phi) is 6.11. The number of rotatable bonds is 7. The average molecular weight is 329 g/mol. The molecule has 0 fully saturated rings. The van der Waals surface area contributed by atoms with Crippen molar-refractivity contribution in [3.05, 3.63) is 59.7 Å². The molecule has 0 aliphatic rings. The van der Waals surface area contributed by atoms with E-state index in [0.29, 0.717) is 23.4 Å². The number of hydrogen-bond donors (Lipinski definition) is 1. The van der Waals surface area contributed by atoms with Crippen molar-refractivity contribution < 1.29 is 14.3 Å². The molecule has 0 radical (unpaired) electrons. The lowest BCUT2D eigenvalue weighted by molar-refractivity contribution is 0.0959. The number of thiocarbonyl (C=S) groups is 1. The molecule has 0 unspecified atom stereocenters. The van der Waals surface area contributed by atoms with Crippen LogP contribution in [0.2, 0.25) is 0 Å². The van der Waals surface area contributed by atoms with Crippen molar-refractivity contribution in [1.82, 2.24) is 5.32 Å². The van der Waals surface area contributed by atoms with Gasteiger partial charge >= 0.3 is 0 Å². The van der Waals surface area contributed by atoms with Crippen LogP contribution in [0.1, 0.15) is 15.9 Å². The molecule has 0 bridgehead atoms. The maximum atomic E-state index is 12.0. The van der Waals surface area contributed by atoms with E-state index in [1.54, 1.807) is 26.4 Å². The Morgan fingerprint density at radius 1 is 1.00 bits per heavy atom. The first kappa shape index (κ1) is 17.0. The average Bonchev–Trinajstić information content (AvgIpc) is 2.60. The van der Waals surface area contributed by atoms with Crippen LogP contribution >= 0.6 is 12.2 Å². The molecule has 2 aromatic rings. The van der Waals surface area contributed by atoms with Crippen LogP contribution in [0.5, 0.6) is 11.5 Å². The van der Waals surface area contributed by atoms with Crippen LogP contribution in [-0.2, 0) is 6.42 Å². The van der Waals surface area contributed by atoms with E-state index >= 15 is 0 Å². The lowest BCUT2D eigenvalue weighted by atomic mass is 10.1. The number of benzene rings is 2. The van der Waals surface area contributed by atoms with Gasteiger partial charge in [0.25, 0.3) is 5.91 Å². The van der Waals surface area contributed by atoms with Crippen molar-refractivity contribution in [3.63, 3.8) is 0 Å². The second-order valence-corrected chi connectivity index (χ2v) is 5.48. The zero-order valence-corrected chi connectivity index (χ0v) is 14.0. The molecule has 1 N–H and O–H groups in total. The standard InChI is InChI=1S/C18H19NO3S/c1-21-16-9-6-10-17(22-2)15(16)11-14(23)12-19-18(20)13-7-4-3-5-8-13/h3-10H,11-12H2,1-2H3,(H,19,20). The van der Waals surface area contributed by atoms with Gasteiger partial charge in [0.15, 0.2) is 0 Å². The molecular formula is C18H19NO3S. The second kappa shape index (κ2) is 8.29. The van der Waals surface area contributed by atoms with Crippen LogP contribution in [0.15, 0.2) is 48.5 Å². The van der Waals surface area contributed by atoms with Gasteiger partial charge in [0, 0.05) is 29.0 Å². The summed E-state index contributed by atoms with van der Waals surface area (Å²) in [6, 6.07) is 14.6. The number of ether oxygens (including phenoxy) is 2. The van der Waals surface area contributed by atoms with Crippen LogP contribution < -0.4 is 14.8 Å². The normalized spacial score (nSPS) is 10.0. The van der Waals surface area contributed by atoms with Gasteiger partial charge in [-0.25, -0.2) is 0 Å². The molecular weight excluding hydrogens is 310 g/mol. The highest BCUT2D eigenvalue weighted by molar-refractivity contribution is 7.80. The van der Waals surface area contributed by atoms with Crippen molar-refractivity contribution in [1.29, 1.82) is 0 Å². The molecule has 0 aliphatic heterocycles. The molecule has 1 amide bonds. The summed E-state index contributed by atoms with van der Waals surface area (Å²) in [5, 5.41) is 2.83. The van der Waals surface area contributed by atoms with Crippen molar-refractivity contribution in [2.45, 2.75) is 6.42 Å².